The minimum Gasteiger partial charge on any atom is -0.497 e. The van der Waals surface area contributed by atoms with Gasteiger partial charge in [0.25, 0.3) is 5.91 Å². The van der Waals surface area contributed by atoms with Crippen molar-refractivity contribution in [3.63, 3.8) is 0 Å². The second-order valence-corrected chi connectivity index (χ2v) is 7.63. The second kappa shape index (κ2) is 12.3. The molecule has 3 aromatic rings. The summed E-state index contributed by atoms with van der Waals surface area (Å²) in [4.78, 5) is 28.0. The van der Waals surface area contributed by atoms with Crippen LogP contribution in [-0.2, 0) is 22.6 Å². The molecule has 7 heteroatoms. The largest absolute Gasteiger partial charge is 0.497 e. The van der Waals surface area contributed by atoms with Crippen LogP contribution in [0.3, 0.4) is 0 Å². The van der Waals surface area contributed by atoms with Crippen molar-refractivity contribution >= 4 is 11.8 Å². The number of carbonyl (C=O) groups is 2. The van der Waals surface area contributed by atoms with E-state index in [1.165, 1.54) is 0 Å². The van der Waals surface area contributed by atoms with Crippen LogP contribution in [-0.4, -0.2) is 50.6 Å². The number of hydrogen-bond acceptors (Lipinski definition) is 5. The minimum atomic E-state index is -0.729. The molecule has 7 nitrogen and oxygen atoms in total. The molecule has 0 fully saturated rings. The number of likely N-dealkylation sites (N-methyl/N-ethyl adjacent to an activating group) is 1. The van der Waals surface area contributed by atoms with Gasteiger partial charge in [0.2, 0.25) is 5.91 Å². The average Bonchev–Trinajstić information content (AvgIpc) is 2.89. The van der Waals surface area contributed by atoms with E-state index in [0.717, 1.165) is 11.1 Å². The third-order valence-electron chi connectivity index (χ3n) is 5.42. The molecule has 0 saturated carbocycles. The van der Waals surface area contributed by atoms with Crippen LogP contribution < -0.4 is 19.5 Å². The van der Waals surface area contributed by atoms with E-state index in [1.54, 1.807) is 44.4 Å². The van der Waals surface area contributed by atoms with Gasteiger partial charge in [-0.25, -0.2) is 0 Å². The van der Waals surface area contributed by atoms with Gasteiger partial charge in [-0.05, 0) is 35.4 Å². The van der Waals surface area contributed by atoms with Gasteiger partial charge in [-0.3, -0.25) is 9.59 Å². The molecule has 178 valence electrons. The van der Waals surface area contributed by atoms with Crippen LogP contribution in [0.5, 0.6) is 17.2 Å². The van der Waals surface area contributed by atoms with Gasteiger partial charge < -0.3 is 24.4 Å². The minimum absolute atomic E-state index is 0.218. The molecule has 2 amide bonds. The van der Waals surface area contributed by atoms with Crippen LogP contribution in [0.25, 0.3) is 0 Å². The smallest absolute Gasteiger partial charge is 0.261 e. The molecular formula is C27H30N2O5. The maximum absolute atomic E-state index is 13.5. The summed E-state index contributed by atoms with van der Waals surface area (Å²) in [5.74, 6) is 1.09. The Labute approximate surface area is 200 Å². The lowest BCUT2D eigenvalue weighted by Gasteiger charge is -2.31. The lowest BCUT2D eigenvalue weighted by atomic mass is 10.0. The second-order valence-electron chi connectivity index (χ2n) is 7.63. The van der Waals surface area contributed by atoms with E-state index >= 15 is 0 Å². The molecule has 0 aliphatic carbocycles. The van der Waals surface area contributed by atoms with Gasteiger partial charge in [-0.15, -0.1) is 0 Å². The van der Waals surface area contributed by atoms with E-state index in [-0.39, 0.29) is 25.0 Å². The third kappa shape index (κ3) is 6.51. The molecule has 3 aromatic carbocycles. The van der Waals surface area contributed by atoms with E-state index in [0.29, 0.717) is 23.7 Å². The van der Waals surface area contributed by atoms with Gasteiger partial charge in [0.1, 0.15) is 11.8 Å². The summed E-state index contributed by atoms with van der Waals surface area (Å²) in [5.41, 5.74) is 1.79. The number of benzene rings is 3. The zero-order valence-electron chi connectivity index (χ0n) is 19.7. The number of amides is 2. The van der Waals surface area contributed by atoms with E-state index in [1.807, 2.05) is 60.7 Å². The first-order valence-corrected chi connectivity index (χ1v) is 11.0. The van der Waals surface area contributed by atoms with Crippen molar-refractivity contribution in [3.05, 3.63) is 90.0 Å². The SMILES string of the molecule is CNC(=O)[C@H](Cc1ccccc1)N(Cc1cccc(OC)c1)C(=O)COc1ccccc1OC. The van der Waals surface area contributed by atoms with E-state index in [4.69, 9.17) is 14.2 Å². The number of methoxy groups -OCH3 is 2. The van der Waals surface area contributed by atoms with E-state index < -0.39 is 6.04 Å². The van der Waals surface area contributed by atoms with Crippen LogP contribution in [0.4, 0.5) is 0 Å². The van der Waals surface area contributed by atoms with Gasteiger partial charge in [0, 0.05) is 20.0 Å². The van der Waals surface area contributed by atoms with Crippen molar-refractivity contribution in [1.82, 2.24) is 10.2 Å². The molecule has 3 rings (SSSR count). The number of ether oxygens (including phenoxy) is 3. The van der Waals surface area contributed by atoms with Crippen LogP contribution in [0.1, 0.15) is 11.1 Å². The molecule has 0 unspecified atom stereocenters. The Balaban J connectivity index is 1.90. The summed E-state index contributed by atoms with van der Waals surface area (Å²) in [5, 5.41) is 2.70. The fraction of sp³-hybridized carbons (Fsp3) is 0.259. The number of nitrogens with zero attached hydrogens (tertiary/aromatic N) is 1. The van der Waals surface area contributed by atoms with Gasteiger partial charge in [-0.1, -0.05) is 54.6 Å². The van der Waals surface area contributed by atoms with Gasteiger partial charge >= 0.3 is 0 Å². The fourth-order valence-corrected chi connectivity index (χ4v) is 3.65. The van der Waals surface area contributed by atoms with Crippen LogP contribution >= 0.6 is 0 Å². The van der Waals surface area contributed by atoms with Crippen molar-refractivity contribution in [2.45, 2.75) is 19.0 Å². The van der Waals surface area contributed by atoms with E-state index in [9.17, 15) is 9.59 Å². The normalized spacial score (nSPS) is 11.3. The van der Waals surface area contributed by atoms with Crippen LogP contribution in [0.15, 0.2) is 78.9 Å². The molecule has 0 radical (unpaired) electrons. The fourth-order valence-electron chi connectivity index (χ4n) is 3.65. The lowest BCUT2D eigenvalue weighted by molar-refractivity contribution is -0.142. The van der Waals surface area contributed by atoms with Crippen molar-refractivity contribution in [3.8, 4) is 17.2 Å². The number of hydrogen-bond donors (Lipinski definition) is 1. The highest BCUT2D eigenvalue weighted by molar-refractivity contribution is 5.88. The highest BCUT2D eigenvalue weighted by Gasteiger charge is 2.30. The quantitative estimate of drug-likeness (QED) is 0.472. The standard InChI is InChI=1S/C27H30N2O5/c1-28-27(31)23(17-20-10-5-4-6-11-20)29(18-21-12-9-13-22(16-21)32-2)26(30)19-34-25-15-8-7-14-24(25)33-3/h4-16,23H,17-19H2,1-3H3,(H,28,31)/t23-/m0/s1. The highest BCUT2D eigenvalue weighted by Crippen LogP contribution is 2.26. The Morgan fingerprint density at radius 1 is 0.853 bits per heavy atom. The first kappa shape index (κ1) is 24.6. The topological polar surface area (TPSA) is 77.1 Å². The first-order valence-electron chi connectivity index (χ1n) is 11.0. The van der Waals surface area contributed by atoms with Crippen LogP contribution in [0, 0.1) is 0 Å². The lowest BCUT2D eigenvalue weighted by Crippen LogP contribution is -2.51. The Bertz CT molecular complexity index is 1090. The molecule has 0 spiro atoms. The van der Waals surface area contributed by atoms with Gasteiger partial charge in [0.15, 0.2) is 18.1 Å². The molecule has 0 heterocycles. The number of rotatable bonds is 11. The Morgan fingerprint density at radius 3 is 2.21 bits per heavy atom. The summed E-state index contributed by atoms with van der Waals surface area (Å²) in [6, 6.07) is 23.5. The van der Waals surface area contributed by atoms with Crippen LogP contribution in [0.2, 0.25) is 0 Å². The van der Waals surface area contributed by atoms with Crippen molar-refractivity contribution < 1.29 is 23.8 Å². The first-order chi connectivity index (χ1) is 16.5. The monoisotopic (exact) mass is 462 g/mol. The molecule has 0 saturated heterocycles. The van der Waals surface area contributed by atoms with Gasteiger partial charge in [-0.2, -0.15) is 0 Å². The summed E-state index contributed by atoms with van der Waals surface area (Å²) in [6.07, 6.45) is 0.366. The summed E-state index contributed by atoms with van der Waals surface area (Å²) in [7, 11) is 4.70. The molecule has 34 heavy (non-hydrogen) atoms. The number of nitrogens with one attached hydrogen (secondary N) is 1. The summed E-state index contributed by atoms with van der Waals surface area (Å²) < 4.78 is 16.4. The third-order valence-corrected chi connectivity index (χ3v) is 5.42. The molecule has 0 aliphatic heterocycles. The zero-order chi connectivity index (χ0) is 24.3. The predicted molar refractivity (Wildman–Crippen MR) is 130 cm³/mol. The molecule has 0 aliphatic rings. The van der Waals surface area contributed by atoms with Crippen molar-refractivity contribution in [2.75, 3.05) is 27.9 Å². The average molecular weight is 463 g/mol. The molecule has 1 atom stereocenters. The molecule has 1 N–H and O–H groups in total. The Hall–Kier alpha value is -4.00. The number of carbonyl (C=O) groups excluding carboxylic acids is 2. The highest BCUT2D eigenvalue weighted by atomic mass is 16.5. The number of para-hydroxylation sites is 2. The van der Waals surface area contributed by atoms with E-state index in [2.05, 4.69) is 5.32 Å². The zero-order valence-corrected chi connectivity index (χ0v) is 19.7. The maximum Gasteiger partial charge on any atom is 0.261 e. The predicted octanol–water partition coefficient (Wildman–Crippen LogP) is 3.47. The van der Waals surface area contributed by atoms with Crippen molar-refractivity contribution in [1.29, 1.82) is 0 Å². The molecule has 0 bridgehead atoms. The maximum atomic E-state index is 13.5. The van der Waals surface area contributed by atoms with Crippen molar-refractivity contribution in [2.24, 2.45) is 0 Å². The summed E-state index contributed by atoms with van der Waals surface area (Å²) in [6.45, 7) is -0.0249. The summed E-state index contributed by atoms with van der Waals surface area (Å²) >= 11 is 0. The van der Waals surface area contributed by atoms with Gasteiger partial charge in [0.05, 0.1) is 14.2 Å². The Kier molecular flexibility index (Phi) is 8.91. The molecule has 0 aromatic heterocycles. The molecular weight excluding hydrogens is 432 g/mol. The Morgan fingerprint density at radius 2 is 1.53 bits per heavy atom.